The van der Waals surface area contributed by atoms with E-state index >= 15 is 0 Å². The molecule has 0 aromatic rings. The van der Waals surface area contributed by atoms with Crippen LogP contribution in [-0.2, 0) is 9.63 Å². The van der Waals surface area contributed by atoms with E-state index in [9.17, 15) is 9.90 Å². The zero-order chi connectivity index (χ0) is 13.6. The first-order chi connectivity index (χ1) is 8.30. The van der Waals surface area contributed by atoms with Crippen molar-refractivity contribution in [2.75, 3.05) is 0 Å². The maximum atomic E-state index is 11.3. The number of fused-ring (bicyclic) bond motifs is 1. The van der Waals surface area contributed by atoms with Crippen LogP contribution in [0.3, 0.4) is 0 Å². The van der Waals surface area contributed by atoms with E-state index in [-0.39, 0.29) is 17.3 Å². The fraction of sp³-hybridized carbons (Fsp3) is 0.786. The van der Waals surface area contributed by atoms with Gasteiger partial charge in [-0.3, -0.25) is 0 Å². The van der Waals surface area contributed by atoms with E-state index in [4.69, 9.17) is 4.84 Å². The topological polar surface area (TPSA) is 58.6 Å². The third-order valence-electron chi connectivity index (χ3n) is 4.66. The molecule has 4 nitrogen and oxygen atoms in total. The molecule has 0 aliphatic heterocycles. The molecule has 0 spiro atoms. The number of carbonyl (C=O) groups excluding carboxylic acids is 1. The van der Waals surface area contributed by atoms with Gasteiger partial charge in [0.2, 0.25) is 0 Å². The van der Waals surface area contributed by atoms with E-state index in [2.05, 4.69) is 19.3 Å². The molecule has 0 radical (unpaired) electrons. The van der Waals surface area contributed by atoms with E-state index in [1.807, 2.05) is 13.0 Å². The second-order valence-electron chi connectivity index (χ2n) is 6.27. The van der Waals surface area contributed by atoms with Crippen molar-refractivity contribution in [3.05, 3.63) is 11.8 Å². The highest BCUT2D eigenvalue weighted by Gasteiger charge is 2.59. The Bertz CT molecular complexity index is 385. The zero-order valence-corrected chi connectivity index (χ0v) is 11.6. The fourth-order valence-electron chi connectivity index (χ4n) is 3.26. The number of nitrogens with one attached hydrogen (secondary N) is 1. The van der Waals surface area contributed by atoms with Gasteiger partial charge in [-0.25, -0.2) is 10.3 Å². The van der Waals surface area contributed by atoms with Crippen LogP contribution in [0.25, 0.3) is 0 Å². The first kappa shape index (κ1) is 13.4. The van der Waals surface area contributed by atoms with Gasteiger partial charge in [0.05, 0.1) is 5.70 Å². The summed E-state index contributed by atoms with van der Waals surface area (Å²) in [5, 5.41) is 10.6. The average molecular weight is 253 g/mol. The van der Waals surface area contributed by atoms with Crippen molar-refractivity contribution in [2.45, 2.75) is 52.6 Å². The van der Waals surface area contributed by atoms with E-state index < -0.39 is 5.60 Å². The third-order valence-corrected chi connectivity index (χ3v) is 4.66. The van der Waals surface area contributed by atoms with Crippen molar-refractivity contribution >= 4 is 5.97 Å². The molecule has 1 fully saturated rings. The van der Waals surface area contributed by atoms with Crippen molar-refractivity contribution in [3.8, 4) is 0 Å². The maximum absolute atomic E-state index is 11.3. The number of carbonyl (C=O) groups is 1. The summed E-state index contributed by atoms with van der Waals surface area (Å²) >= 11 is 0. The van der Waals surface area contributed by atoms with Crippen LogP contribution < -0.4 is 5.48 Å². The Hall–Kier alpha value is -1.03. The van der Waals surface area contributed by atoms with Crippen LogP contribution in [0.1, 0.15) is 47.0 Å². The fourth-order valence-corrected chi connectivity index (χ4v) is 3.26. The standard InChI is InChI=1S/C14H23NO3/c1-5-6-12(16)18-15-11-8-9-7-10(13(9,2)3)14(11,4)17/h8-10,15,17H,5-7H2,1-4H3/t9-,10-,14-/m0/s1. The van der Waals surface area contributed by atoms with Gasteiger partial charge in [-0.1, -0.05) is 26.8 Å². The number of rotatable bonds is 4. The Morgan fingerprint density at radius 2 is 2.22 bits per heavy atom. The molecule has 3 aliphatic rings. The minimum Gasteiger partial charge on any atom is -0.384 e. The highest BCUT2D eigenvalue weighted by molar-refractivity contribution is 5.69. The molecule has 3 rings (SSSR count). The van der Waals surface area contributed by atoms with E-state index in [0.29, 0.717) is 18.0 Å². The third kappa shape index (κ3) is 1.92. The summed E-state index contributed by atoms with van der Waals surface area (Å²) in [6, 6.07) is 0. The van der Waals surface area contributed by atoms with Gasteiger partial charge in [-0.2, -0.15) is 0 Å². The summed E-state index contributed by atoms with van der Waals surface area (Å²) in [4.78, 5) is 16.3. The Morgan fingerprint density at radius 3 is 2.72 bits per heavy atom. The molecular formula is C14H23NO3. The van der Waals surface area contributed by atoms with Crippen molar-refractivity contribution in [3.63, 3.8) is 0 Å². The highest BCUT2D eigenvalue weighted by Crippen LogP contribution is 2.61. The van der Waals surface area contributed by atoms with Crippen LogP contribution in [-0.4, -0.2) is 16.7 Å². The number of hydroxylamine groups is 1. The molecule has 2 N–H and O–H groups in total. The summed E-state index contributed by atoms with van der Waals surface area (Å²) in [7, 11) is 0. The maximum Gasteiger partial charge on any atom is 0.332 e. The highest BCUT2D eigenvalue weighted by atomic mass is 16.7. The minimum absolute atomic E-state index is 0.127. The lowest BCUT2D eigenvalue weighted by atomic mass is 9.46. The zero-order valence-electron chi connectivity index (χ0n) is 11.6. The summed E-state index contributed by atoms with van der Waals surface area (Å²) in [6.07, 6.45) is 4.17. The molecule has 0 saturated heterocycles. The molecule has 0 amide bonds. The molecule has 0 aromatic heterocycles. The van der Waals surface area contributed by atoms with Crippen molar-refractivity contribution in [1.29, 1.82) is 0 Å². The van der Waals surface area contributed by atoms with Gasteiger partial charge in [0, 0.05) is 6.42 Å². The lowest BCUT2D eigenvalue weighted by molar-refractivity contribution is -0.160. The lowest BCUT2D eigenvalue weighted by Gasteiger charge is -2.60. The predicted octanol–water partition coefficient (Wildman–Crippen LogP) is 2.15. The Balaban J connectivity index is 2.04. The Kier molecular flexibility index (Phi) is 3.18. The van der Waals surface area contributed by atoms with Gasteiger partial charge in [-0.05, 0) is 37.0 Å². The molecule has 4 heteroatoms. The molecule has 0 unspecified atom stereocenters. The first-order valence-electron chi connectivity index (χ1n) is 6.70. The molecule has 0 heterocycles. The molecule has 2 bridgehead atoms. The number of allylic oxidation sites excluding steroid dienone is 1. The van der Waals surface area contributed by atoms with E-state index in [0.717, 1.165) is 12.8 Å². The predicted molar refractivity (Wildman–Crippen MR) is 68.2 cm³/mol. The molecule has 0 aromatic carbocycles. The van der Waals surface area contributed by atoms with Gasteiger partial charge >= 0.3 is 5.97 Å². The van der Waals surface area contributed by atoms with E-state index in [1.54, 1.807) is 6.92 Å². The van der Waals surface area contributed by atoms with Gasteiger partial charge in [0.25, 0.3) is 0 Å². The quantitative estimate of drug-likeness (QED) is 0.754. The monoisotopic (exact) mass is 253 g/mol. The van der Waals surface area contributed by atoms with Crippen molar-refractivity contribution < 1.29 is 14.7 Å². The lowest BCUT2D eigenvalue weighted by Crippen LogP contribution is -2.61. The van der Waals surface area contributed by atoms with Crippen molar-refractivity contribution in [2.24, 2.45) is 17.3 Å². The molecule has 3 atom stereocenters. The molecular weight excluding hydrogens is 230 g/mol. The van der Waals surface area contributed by atoms with Gasteiger partial charge < -0.3 is 9.94 Å². The molecule has 1 saturated carbocycles. The van der Waals surface area contributed by atoms with Crippen LogP contribution in [0.15, 0.2) is 11.8 Å². The molecule has 102 valence electrons. The summed E-state index contributed by atoms with van der Waals surface area (Å²) < 4.78 is 0. The minimum atomic E-state index is -0.940. The Labute approximate surface area is 108 Å². The SMILES string of the molecule is CCCC(=O)ONC1=C[C@@H]2C[C@@H](C2(C)C)[C@]1(C)O. The largest absolute Gasteiger partial charge is 0.384 e. The smallest absolute Gasteiger partial charge is 0.332 e. The normalized spacial score (nSPS) is 36.4. The van der Waals surface area contributed by atoms with Gasteiger partial charge in [-0.15, -0.1) is 0 Å². The van der Waals surface area contributed by atoms with Crippen LogP contribution in [0.2, 0.25) is 0 Å². The summed E-state index contributed by atoms with van der Waals surface area (Å²) in [6.45, 7) is 8.07. The van der Waals surface area contributed by atoms with Crippen LogP contribution in [0, 0.1) is 17.3 Å². The summed E-state index contributed by atoms with van der Waals surface area (Å²) in [5.74, 6) is 0.384. The van der Waals surface area contributed by atoms with E-state index in [1.165, 1.54) is 0 Å². The number of hydrogen-bond acceptors (Lipinski definition) is 4. The van der Waals surface area contributed by atoms with Crippen LogP contribution in [0.4, 0.5) is 0 Å². The Morgan fingerprint density at radius 1 is 1.56 bits per heavy atom. The van der Waals surface area contributed by atoms with Crippen LogP contribution >= 0.6 is 0 Å². The van der Waals surface area contributed by atoms with Gasteiger partial charge in [0.15, 0.2) is 0 Å². The van der Waals surface area contributed by atoms with Crippen LogP contribution in [0.5, 0.6) is 0 Å². The number of aliphatic hydroxyl groups is 1. The molecule has 3 aliphatic carbocycles. The number of hydrogen-bond donors (Lipinski definition) is 2. The second-order valence-corrected chi connectivity index (χ2v) is 6.27. The van der Waals surface area contributed by atoms with Gasteiger partial charge in [0.1, 0.15) is 5.60 Å². The first-order valence-corrected chi connectivity index (χ1v) is 6.70. The second kappa shape index (κ2) is 4.26. The summed E-state index contributed by atoms with van der Waals surface area (Å²) in [5.41, 5.74) is 2.48. The average Bonchev–Trinajstić information content (AvgIpc) is 2.26. The van der Waals surface area contributed by atoms with Crippen molar-refractivity contribution in [1.82, 2.24) is 5.48 Å². The molecule has 18 heavy (non-hydrogen) atoms.